The van der Waals surface area contributed by atoms with Gasteiger partial charge in [0.1, 0.15) is 11.4 Å². The zero-order chi connectivity index (χ0) is 14.2. The summed E-state index contributed by atoms with van der Waals surface area (Å²) in [6.45, 7) is 1.59. The van der Waals surface area contributed by atoms with Crippen LogP contribution >= 0.6 is 0 Å². The van der Waals surface area contributed by atoms with Crippen LogP contribution in [0.1, 0.15) is 18.1 Å². The third-order valence-corrected chi connectivity index (χ3v) is 3.59. The molecule has 1 unspecified atom stereocenters. The summed E-state index contributed by atoms with van der Waals surface area (Å²) in [5.74, 6) is -0.426. The molecular weight excluding hydrogens is 253 g/mol. The van der Waals surface area contributed by atoms with E-state index in [1.54, 1.807) is 37.5 Å². The molecule has 20 heavy (non-hydrogen) atoms. The van der Waals surface area contributed by atoms with Gasteiger partial charge in [-0.15, -0.1) is 0 Å². The highest BCUT2D eigenvalue weighted by molar-refractivity contribution is 5.85. The van der Waals surface area contributed by atoms with Crippen molar-refractivity contribution in [2.45, 2.75) is 12.5 Å². The van der Waals surface area contributed by atoms with Gasteiger partial charge in [0, 0.05) is 28.9 Å². The third-order valence-electron chi connectivity index (χ3n) is 3.59. The summed E-state index contributed by atoms with van der Waals surface area (Å²) in [7, 11) is 0. The number of aliphatic hydroxyl groups is 1. The Morgan fingerprint density at radius 1 is 0.950 bits per heavy atom. The Morgan fingerprint density at radius 2 is 1.65 bits per heavy atom. The smallest absolute Gasteiger partial charge is 0.129 e. The van der Waals surface area contributed by atoms with E-state index >= 15 is 0 Å². The van der Waals surface area contributed by atoms with Gasteiger partial charge in [-0.2, -0.15) is 0 Å². The highest BCUT2D eigenvalue weighted by atomic mass is 19.1. The lowest BCUT2D eigenvalue weighted by Crippen LogP contribution is -2.24. The first-order valence-electron chi connectivity index (χ1n) is 6.41. The number of hydrogen-bond acceptors (Lipinski definition) is 2. The van der Waals surface area contributed by atoms with E-state index in [1.807, 2.05) is 24.3 Å². The second kappa shape index (κ2) is 4.69. The van der Waals surface area contributed by atoms with Crippen molar-refractivity contribution in [1.82, 2.24) is 4.98 Å². The van der Waals surface area contributed by atoms with Gasteiger partial charge in [-0.25, -0.2) is 4.39 Å². The molecule has 0 saturated heterocycles. The minimum absolute atomic E-state index is 0.248. The number of rotatable bonds is 2. The predicted octanol–water partition coefficient (Wildman–Crippen LogP) is 3.63. The maximum absolute atomic E-state index is 14.0. The molecule has 0 radical (unpaired) electrons. The van der Waals surface area contributed by atoms with Crippen LogP contribution in [0, 0.1) is 5.82 Å². The molecule has 3 rings (SSSR count). The van der Waals surface area contributed by atoms with Crippen molar-refractivity contribution in [2.24, 2.45) is 0 Å². The first kappa shape index (κ1) is 12.8. The molecule has 1 atom stereocenters. The van der Waals surface area contributed by atoms with E-state index in [0.29, 0.717) is 5.56 Å². The van der Waals surface area contributed by atoms with Crippen LogP contribution in [0.15, 0.2) is 60.9 Å². The molecule has 0 spiro atoms. The minimum Gasteiger partial charge on any atom is -0.380 e. The summed E-state index contributed by atoms with van der Waals surface area (Å²) >= 11 is 0. The highest BCUT2D eigenvalue weighted by Gasteiger charge is 2.30. The van der Waals surface area contributed by atoms with Gasteiger partial charge in [0.25, 0.3) is 0 Å². The van der Waals surface area contributed by atoms with E-state index in [4.69, 9.17) is 0 Å². The fourth-order valence-electron chi connectivity index (χ4n) is 2.51. The Hall–Kier alpha value is -2.26. The summed E-state index contributed by atoms with van der Waals surface area (Å²) in [6, 6.07) is 13.9. The lowest BCUT2D eigenvalue weighted by atomic mass is 9.86. The molecule has 0 aliphatic rings. The molecule has 3 aromatic rings. The molecule has 0 amide bonds. The Morgan fingerprint density at radius 3 is 2.45 bits per heavy atom. The van der Waals surface area contributed by atoms with Gasteiger partial charge in [-0.05, 0) is 18.4 Å². The lowest BCUT2D eigenvalue weighted by Gasteiger charge is -2.26. The SMILES string of the molecule is CC(O)(c1ccccc1F)c1cncc2ccccc12. The molecule has 100 valence electrons. The number of halogens is 1. The summed E-state index contributed by atoms with van der Waals surface area (Å²) in [6.07, 6.45) is 3.32. The van der Waals surface area contributed by atoms with Crippen LogP contribution in [0.2, 0.25) is 0 Å². The van der Waals surface area contributed by atoms with Crippen LogP contribution in [0.4, 0.5) is 4.39 Å². The van der Waals surface area contributed by atoms with E-state index in [1.165, 1.54) is 6.07 Å². The van der Waals surface area contributed by atoms with Gasteiger partial charge in [-0.1, -0.05) is 42.5 Å². The fourth-order valence-corrected chi connectivity index (χ4v) is 2.51. The summed E-state index contributed by atoms with van der Waals surface area (Å²) in [4.78, 5) is 4.15. The van der Waals surface area contributed by atoms with E-state index in [0.717, 1.165) is 10.8 Å². The average Bonchev–Trinajstić information content (AvgIpc) is 2.47. The second-order valence-electron chi connectivity index (χ2n) is 4.96. The first-order valence-corrected chi connectivity index (χ1v) is 6.41. The van der Waals surface area contributed by atoms with Gasteiger partial charge in [-0.3, -0.25) is 4.98 Å². The quantitative estimate of drug-likeness (QED) is 0.769. The van der Waals surface area contributed by atoms with Crippen LogP contribution in [-0.2, 0) is 5.60 Å². The standard InChI is InChI=1S/C17H14FNO/c1-17(20,14-8-4-5-9-16(14)18)15-11-19-10-12-6-2-3-7-13(12)15/h2-11,20H,1H3. The average molecular weight is 267 g/mol. The molecule has 0 aliphatic heterocycles. The molecular formula is C17H14FNO. The van der Waals surface area contributed by atoms with Crippen LogP contribution < -0.4 is 0 Å². The Kier molecular flexibility index (Phi) is 2.99. The second-order valence-corrected chi connectivity index (χ2v) is 4.96. The minimum atomic E-state index is -1.43. The van der Waals surface area contributed by atoms with Crippen molar-refractivity contribution in [1.29, 1.82) is 0 Å². The zero-order valence-electron chi connectivity index (χ0n) is 11.0. The molecule has 0 bridgehead atoms. The summed E-state index contributed by atoms with van der Waals surface area (Å²) < 4.78 is 14.0. The van der Waals surface area contributed by atoms with Gasteiger partial charge in [0.2, 0.25) is 0 Å². The first-order chi connectivity index (χ1) is 9.60. The Bertz CT molecular complexity index is 762. The van der Waals surface area contributed by atoms with Crippen molar-refractivity contribution >= 4 is 10.8 Å². The number of fused-ring (bicyclic) bond motifs is 1. The van der Waals surface area contributed by atoms with Gasteiger partial charge in [0.05, 0.1) is 0 Å². The maximum atomic E-state index is 14.0. The maximum Gasteiger partial charge on any atom is 0.129 e. The van der Waals surface area contributed by atoms with Crippen molar-refractivity contribution in [2.75, 3.05) is 0 Å². The molecule has 2 nitrogen and oxygen atoms in total. The monoisotopic (exact) mass is 267 g/mol. The number of hydrogen-bond donors (Lipinski definition) is 1. The summed E-state index contributed by atoms with van der Waals surface area (Å²) in [5.41, 5.74) is -0.585. The van der Waals surface area contributed by atoms with E-state index < -0.39 is 11.4 Å². The molecule has 0 saturated carbocycles. The van der Waals surface area contributed by atoms with Crippen LogP contribution in [-0.4, -0.2) is 10.1 Å². The van der Waals surface area contributed by atoms with Crippen LogP contribution in [0.25, 0.3) is 10.8 Å². The van der Waals surface area contributed by atoms with Crippen LogP contribution in [0.3, 0.4) is 0 Å². The van der Waals surface area contributed by atoms with Crippen LogP contribution in [0.5, 0.6) is 0 Å². The largest absolute Gasteiger partial charge is 0.380 e. The zero-order valence-corrected chi connectivity index (χ0v) is 11.0. The lowest BCUT2D eigenvalue weighted by molar-refractivity contribution is 0.0992. The number of nitrogens with zero attached hydrogens (tertiary/aromatic N) is 1. The van der Waals surface area contributed by atoms with Gasteiger partial charge >= 0.3 is 0 Å². The van der Waals surface area contributed by atoms with Gasteiger partial charge in [0.15, 0.2) is 0 Å². The normalized spacial score (nSPS) is 14.2. The molecule has 1 N–H and O–H groups in total. The molecule has 2 aromatic carbocycles. The number of pyridine rings is 1. The third kappa shape index (κ3) is 1.96. The highest BCUT2D eigenvalue weighted by Crippen LogP contribution is 2.34. The van der Waals surface area contributed by atoms with Gasteiger partial charge < -0.3 is 5.11 Å². The van der Waals surface area contributed by atoms with E-state index in [2.05, 4.69) is 4.98 Å². The van der Waals surface area contributed by atoms with Crippen molar-refractivity contribution in [3.8, 4) is 0 Å². The van der Waals surface area contributed by atoms with Crippen molar-refractivity contribution in [3.05, 3.63) is 77.9 Å². The predicted molar refractivity (Wildman–Crippen MR) is 76.8 cm³/mol. The summed E-state index contributed by atoms with van der Waals surface area (Å²) in [5, 5.41) is 12.6. The van der Waals surface area contributed by atoms with E-state index in [9.17, 15) is 9.50 Å². The number of benzene rings is 2. The fraction of sp³-hybridized carbons (Fsp3) is 0.118. The topological polar surface area (TPSA) is 33.1 Å². The van der Waals surface area contributed by atoms with Crippen molar-refractivity contribution < 1.29 is 9.50 Å². The van der Waals surface area contributed by atoms with E-state index in [-0.39, 0.29) is 5.56 Å². The van der Waals surface area contributed by atoms with Crippen molar-refractivity contribution in [3.63, 3.8) is 0 Å². The Balaban J connectivity index is 2.27. The molecule has 0 fully saturated rings. The molecule has 3 heteroatoms. The Labute approximate surface area is 116 Å². The number of aromatic nitrogens is 1. The molecule has 0 aliphatic carbocycles. The molecule has 1 aromatic heterocycles. The molecule has 1 heterocycles.